The van der Waals surface area contributed by atoms with Crippen LogP contribution in [0.5, 0.6) is 0 Å². The van der Waals surface area contributed by atoms with Gasteiger partial charge in [0.2, 0.25) is 0 Å². The molecule has 2 fully saturated rings. The largest absolute Gasteiger partial charge is 0.329 e. The van der Waals surface area contributed by atoms with Gasteiger partial charge in [-0.25, -0.2) is 0 Å². The zero-order valence-corrected chi connectivity index (χ0v) is 12.3. The van der Waals surface area contributed by atoms with Crippen LogP contribution in [0, 0.1) is 0 Å². The molecule has 0 spiro atoms. The lowest BCUT2D eigenvalue weighted by Crippen LogP contribution is -2.60. The normalized spacial score (nSPS) is 40.1. The van der Waals surface area contributed by atoms with Crippen LogP contribution in [0.25, 0.3) is 0 Å². The van der Waals surface area contributed by atoms with E-state index in [0.717, 1.165) is 12.6 Å². The zero-order valence-electron chi connectivity index (χ0n) is 11.5. The third-order valence-electron chi connectivity index (χ3n) is 4.76. The van der Waals surface area contributed by atoms with Crippen LogP contribution in [0.15, 0.2) is 0 Å². The topological polar surface area (TPSA) is 32.5 Å². The second-order valence-corrected chi connectivity index (χ2v) is 7.23. The van der Waals surface area contributed by atoms with Gasteiger partial charge >= 0.3 is 0 Å². The molecule has 0 aromatic heterocycles. The van der Waals surface area contributed by atoms with E-state index in [1.54, 1.807) is 0 Å². The van der Waals surface area contributed by atoms with Gasteiger partial charge in [0, 0.05) is 36.5 Å². The Morgan fingerprint density at radius 3 is 2.76 bits per heavy atom. The van der Waals surface area contributed by atoms with E-state index in [1.807, 2.05) is 0 Å². The molecule has 3 unspecified atom stereocenters. The molecule has 2 saturated heterocycles. The van der Waals surface area contributed by atoms with E-state index in [2.05, 4.69) is 42.6 Å². The maximum Gasteiger partial charge on any atom is 0.0448 e. The standard InChI is InChI=1S/C13H27N3S/c1-11-13(10-14,6-4-8-17-11)16-7-5-12(9-16)15(2)3/h11-12H,4-10,14H2,1-3H3. The highest BCUT2D eigenvalue weighted by atomic mass is 32.2. The van der Waals surface area contributed by atoms with E-state index in [4.69, 9.17) is 5.73 Å². The van der Waals surface area contributed by atoms with Crippen molar-refractivity contribution in [3.63, 3.8) is 0 Å². The van der Waals surface area contributed by atoms with Gasteiger partial charge in [0.15, 0.2) is 0 Å². The number of hydrogen-bond donors (Lipinski definition) is 1. The Bertz CT molecular complexity index is 259. The quantitative estimate of drug-likeness (QED) is 0.824. The van der Waals surface area contributed by atoms with Crippen LogP contribution in [0.4, 0.5) is 0 Å². The Labute approximate surface area is 110 Å². The maximum atomic E-state index is 6.16. The van der Waals surface area contributed by atoms with Crippen LogP contribution in [0.1, 0.15) is 26.2 Å². The molecule has 2 aliphatic rings. The van der Waals surface area contributed by atoms with E-state index in [0.29, 0.717) is 5.25 Å². The van der Waals surface area contributed by atoms with Crippen LogP contribution in [0.3, 0.4) is 0 Å². The van der Waals surface area contributed by atoms with Crippen LogP contribution in [-0.4, -0.2) is 66.1 Å². The molecule has 3 nitrogen and oxygen atoms in total. The van der Waals surface area contributed by atoms with Gasteiger partial charge in [-0.15, -0.1) is 0 Å². The van der Waals surface area contributed by atoms with Crippen molar-refractivity contribution in [3.8, 4) is 0 Å². The molecule has 4 heteroatoms. The molecule has 0 bridgehead atoms. The average molecular weight is 257 g/mol. The minimum absolute atomic E-state index is 0.272. The number of nitrogens with two attached hydrogens (primary N) is 1. The first-order chi connectivity index (χ1) is 8.10. The summed E-state index contributed by atoms with van der Waals surface area (Å²) in [6.07, 6.45) is 3.92. The predicted molar refractivity (Wildman–Crippen MR) is 76.6 cm³/mol. The van der Waals surface area contributed by atoms with Gasteiger partial charge in [-0.3, -0.25) is 4.90 Å². The summed E-state index contributed by atoms with van der Waals surface area (Å²) in [7, 11) is 4.39. The summed E-state index contributed by atoms with van der Waals surface area (Å²) in [5.74, 6) is 1.31. The van der Waals surface area contributed by atoms with Crippen molar-refractivity contribution in [2.45, 2.75) is 43.0 Å². The highest BCUT2D eigenvalue weighted by Gasteiger charge is 2.45. The minimum Gasteiger partial charge on any atom is -0.329 e. The summed E-state index contributed by atoms with van der Waals surface area (Å²) in [6.45, 7) is 5.63. The number of thioether (sulfide) groups is 1. The summed E-state index contributed by atoms with van der Waals surface area (Å²) < 4.78 is 0. The van der Waals surface area contributed by atoms with E-state index < -0.39 is 0 Å². The third-order valence-corrected chi connectivity index (χ3v) is 6.22. The highest BCUT2D eigenvalue weighted by molar-refractivity contribution is 8.00. The molecule has 0 aromatic rings. The molecule has 0 saturated carbocycles. The molecule has 2 heterocycles. The molecule has 0 aliphatic carbocycles. The first-order valence-electron chi connectivity index (χ1n) is 6.83. The van der Waals surface area contributed by atoms with Crippen molar-refractivity contribution in [1.29, 1.82) is 0 Å². The van der Waals surface area contributed by atoms with Crippen LogP contribution in [-0.2, 0) is 0 Å². The SMILES string of the molecule is CC1SCCCC1(CN)N1CCC(N(C)C)C1. The Morgan fingerprint density at radius 2 is 2.24 bits per heavy atom. The first kappa shape index (κ1) is 13.7. The van der Waals surface area contributed by atoms with Crippen molar-refractivity contribution < 1.29 is 0 Å². The molecule has 2 N–H and O–H groups in total. The van der Waals surface area contributed by atoms with Crippen LogP contribution >= 0.6 is 11.8 Å². The summed E-state index contributed by atoms with van der Waals surface area (Å²) in [6, 6.07) is 0.720. The van der Waals surface area contributed by atoms with E-state index >= 15 is 0 Å². The summed E-state index contributed by atoms with van der Waals surface area (Å²) >= 11 is 2.11. The van der Waals surface area contributed by atoms with Crippen molar-refractivity contribution in [2.24, 2.45) is 5.73 Å². The fourth-order valence-electron chi connectivity index (χ4n) is 3.38. The highest BCUT2D eigenvalue weighted by Crippen LogP contribution is 2.39. The summed E-state index contributed by atoms with van der Waals surface area (Å²) in [5, 5.41) is 0.683. The molecule has 3 atom stereocenters. The minimum atomic E-state index is 0.272. The van der Waals surface area contributed by atoms with E-state index in [1.165, 1.54) is 38.1 Å². The second-order valence-electron chi connectivity index (χ2n) is 5.78. The predicted octanol–water partition coefficient (Wildman–Crippen LogP) is 1.24. The van der Waals surface area contributed by atoms with Gasteiger partial charge in [-0.05, 0) is 39.1 Å². The molecule has 2 rings (SSSR count). The lowest BCUT2D eigenvalue weighted by atomic mass is 9.88. The van der Waals surface area contributed by atoms with E-state index in [9.17, 15) is 0 Å². The summed E-state index contributed by atoms with van der Waals surface area (Å²) in [5.41, 5.74) is 6.43. The Hall–Kier alpha value is 0.230. The van der Waals surface area contributed by atoms with Gasteiger partial charge in [0.05, 0.1) is 0 Å². The molecule has 2 aliphatic heterocycles. The van der Waals surface area contributed by atoms with E-state index in [-0.39, 0.29) is 5.54 Å². The number of hydrogen-bond acceptors (Lipinski definition) is 4. The lowest BCUT2D eigenvalue weighted by Gasteiger charge is -2.48. The molecule has 0 radical (unpaired) electrons. The van der Waals surface area contributed by atoms with Crippen molar-refractivity contribution in [2.75, 3.05) is 39.5 Å². The Kier molecular flexibility index (Phi) is 4.40. The van der Waals surface area contributed by atoms with Crippen molar-refractivity contribution in [3.05, 3.63) is 0 Å². The van der Waals surface area contributed by atoms with Crippen LogP contribution in [0.2, 0.25) is 0 Å². The molecule has 0 amide bonds. The molecule has 17 heavy (non-hydrogen) atoms. The van der Waals surface area contributed by atoms with Gasteiger partial charge in [-0.2, -0.15) is 11.8 Å². The molecule has 100 valence electrons. The number of rotatable bonds is 3. The number of nitrogens with zero attached hydrogens (tertiary/aromatic N) is 2. The van der Waals surface area contributed by atoms with Crippen molar-refractivity contribution >= 4 is 11.8 Å². The number of likely N-dealkylation sites (N-methyl/N-ethyl adjacent to an activating group) is 1. The maximum absolute atomic E-state index is 6.16. The smallest absolute Gasteiger partial charge is 0.0448 e. The zero-order chi connectivity index (χ0) is 12.5. The Balaban J connectivity index is 2.08. The second kappa shape index (κ2) is 5.47. The van der Waals surface area contributed by atoms with Gasteiger partial charge in [-0.1, -0.05) is 6.92 Å². The molecule has 0 aromatic carbocycles. The van der Waals surface area contributed by atoms with Crippen LogP contribution < -0.4 is 5.73 Å². The first-order valence-corrected chi connectivity index (χ1v) is 7.88. The Morgan fingerprint density at radius 1 is 1.47 bits per heavy atom. The van der Waals surface area contributed by atoms with Gasteiger partial charge in [0.25, 0.3) is 0 Å². The third kappa shape index (κ3) is 2.50. The van der Waals surface area contributed by atoms with Gasteiger partial charge in [0.1, 0.15) is 0 Å². The van der Waals surface area contributed by atoms with Gasteiger partial charge < -0.3 is 10.6 Å². The van der Waals surface area contributed by atoms with Crippen molar-refractivity contribution in [1.82, 2.24) is 9.80 Å². The fourth-order valence-corrected chi connectivity index (χ4v) is 4.71. The fraction of sp³-hybridized carbons (Fsp3) is 1.00. The average Bonchev–Trinajstić information content (AvgIpc) is 2.80. The lowest BCUT2D eigenvalue weighted by molar-refractivity contribution is 0.101. The monoisotopic (exact) mass is 257 g/mol. The summed E-state index contributed by atoms with van der Waals surface area (Å²) in [4.78, 5) is 5.05. The number of likely N-dealkylation sites (tertiary alicyclic amines) is 1. The molecular weight excluding hydrogens is 230 g/mol. The molecular formula is C13H27N3S.